The van der Waals surface area contributed by atoms with Crippen LogP contribution >= 0.6 is 0 Å². The average molecular weight is 182 g/mol. The van der Waals surface area contributed by atoms with Crippen molar-refractivity contribution in [2.45, 2.75) is 38.0 Å². The van der Waals surface area contributed by atoms with Crippen molar-refractivity contribution >= 4 is 0 Å². The van der Waals surface area contributed by atoms with Gasteiger partial charge >= 0.3 is 0 Å². The zero-order chi connectivity index (χ0) is 9.10. The minimum absolute atomic E-state index is 0.188. The molecule has 0 spiro atoms. The van der Waals surface area contributed by atoms with Gasteiger partial charge in [0, 0.05) is 18.7 Å². The number of aromatic nitrogens is 1. The highest BCUT2D eigenvalue weighted by Gasteiger charge is 2.24. The maximum atomic E-state index is 9.51. The summed E-state index contributed by atoms with van der Waals surface area (Å²) in [4.78, 5) is 0. The highest BCUT2D eigenvalue weighted by Crippen LogP contribution is 2.18. The summed E-state index contributed by atoms with van der Waals surface area (Å²) in [5.74, 6) is 0. The van der Waals surface area contributed by atoms with Gasteiger partial charge in [0.15, 0.2) is 0 Å². The molecule has 0 amide bonds. The van der Waals surface area contributed by atoms with Crippen molar-refractivity contribution < 1.29 is 9.63 Å². The predicted octanol–water partition coefficient (Wildman–Crippen LogP) is 0.678. The zero-order valence-corrected chi connectivity index (χ0v) is 7.44. The summed E-state index contributed by atoms with van der Waals surface area (Å²) < 4.78 is 4.70. The van der Waals surface area contributed by atoms with Gasteiger partial charge in [-0.05, 0) is 19.3 Å². The third-order valence-electron chi connectivity index (χ3n) is 2.52. The number of hydrogen-bond donors (Lipinski definition) is 2. The number of nitrogens with one attached hydrogen (secondary N) is 1. The van der Waals surface area contributed by atoms with E-state index in [0.29, 0.717) is 6.54 Å². The highest BCUT2D eigenvalue weighted by molar-refractivity contribution is 4.95. The summed E-state index contributed by atoms with van der Waals surface area (Å²) in [5.41, 5.74) is 0.888. The summed E-state index contributed by atoms with van der Waals surface area (Å²) in [6.45, 7) is 0.679. The van der Waals surface area contributed by atoms with E-state index in [4.69, 9.17) is 4.52 Å². The molecule has 2 N–H and O–H groups in total. The topological polar surface area (TPSA) is 58.3 Å². The first-order valence-electron chi connectivity index (χ1n) is 4.67. The summed E-state index contributed by atoms with van der Waals surface area (Å²) in [6.07, 6.45) is 4.45. The third-order valence-corrected chi connectivity index (χ3v) is 2.52. The second-order valence-electron chi connectivity index (χ2n) is 3.48. The normalized spacial score (nSPS) is 28.1. The minimum atomic E-state index is -0.188. The fraction of sp³-hybridized carbons (Fsp3) is 0.667. The van der Waals surface area contributed by atoms with Gasteiger partial charge < -0.3 is 14.9 Å². The monoisotopic (exact) mass is 182 g/mol. The van der Waals surface area contributed by atoms with E-state index in [1.165, 1.54) is 0 Å². The van der Waals surface area contributed by atoms with E-state index in [9.17, 15) is 5.11 Å². The fourth-order valence-electron chi connectivity index (χ4n) is 1.74. The van der Waals surface area contributed by atoms with Crippen molar-refractivity contribution in [3.8, 4) is 0 Å². The highest BCUT2D eigenvalue weighted by atomic mass is 16.5. The van der Waals surface area contributed by atoms with Gasteiger partial charge in [0.1, 0.15) is 6.26 Å². The van der Waals surface area contributed by atoms with Gasteiger partial charge in [-0.2, -0.15) is 0 Å². The maximum Gasteiger partial charge on any atom is 0.124 e. The van der Waals surface area contributed by atoms with E-state index in [0.717, 1.165) is 25.0 Å². The molecule has 1 aromatic rings. The predicted molar refractivity (Wildman–Crippen MR) is 47.0 cm³/mol. The molecule has 2 unspecified atom stereocenters. The second-order valence-corrected chi connectivity index (χ2v) is 3.48. The molecule has 1 saturated carbocycles. The first-order valence-corrected chi connectivity index (χ1v) is 4.67. The van der Waals surface area contributed by atoms with Crippen molar-refractivity contribution in [2.75, 3.05) is 0 Å². The molecule has 0 bridgehead atoms. The van der Waals surface area contributed by atoms with Gasteiger partial charge in [0.05, 0.1) is 11.8 Å². The lowest BCUT2D eigenvalue weighted by Gasteiger charge is -2.14. The average Bonchev–Trinajstić information content (AvgIpc) is 2.72. The van der Waals surface area contributed by atoms with Crippen LogP contribution in [-0.4, -0.2) is 22.4 Å². The van der Waals surface area contributed by atoms with E-state index in [-0.39, 0.29) is 12.1 Å². The Bertz CT molecular complexity index is 248. The molecule has 72 valence electrons. The maximum absolute atomic E-state index is 9.51. The summed E-state index contributed by atoms with van der Waals surface area (Å²) in [7, 11) is 0. The lowest BCUT2D eigenvalue weighted by molar-refractivity contribution is 0.148. The van der Waals surface area contributed by atoms with E-state index >= 15 is 0 Å². The lowest BCUT2D eigenvalue weighted by atomic mass is 10.2. The van der Waals surface area contributed by atoms with Gasteiger partial charge in [-0.15, -0.1) is 0 Å². The van der Waals surface area contributed by atoms with Crippen LogP contribution in [0.25, 0.3) is 0 Å². The Hall–Kier alpha value is -0.870. The molecule has 0 aliphatic heterocycles. The Morgan fingerprint density at radius 1 is 1.62 bits per heavy atom. The molecule has 2 rings (SSSR count). The molecular weight excluding hydrogens is 168 g/mol. The second kappa shape index (κ2) is 3.89. The summed E-state index contributed by atoms with van der Waals surface area (Å²) in [6, 6.07) is 2.06. The Kier molecular flexibility index (Phi) is 2.61. The van der Waals surface area contributed by atoms with E-state index < -0.39 is 0 Å². The molecule has 1 aliphatic rings. The van der Waals surface area contributed by atoms with Crippen LogP contribution in [-0.2, 0) is 6.54 Å². The number of hydrogen-bond acceptors (Lipinski definition) is 4. The Morgan fingerprint density at radius 2 is 2.54 bits per heavy atom. The molecule has 2 atom stereocenters. The van der Waals surface area contributed by atoms with E-state index in [1.54, 1.807) is 6.26 Å². The van der Waals surface area contributed by atoms with Crippen LogP contribution in [0, 0.1) is 0 Å². The quantitative estimate of drug-likeness (QED) is 0.721. The smallest absolute Gasteiger partial charge is 0.124 e. The largest absolute Gasteiger partial charge is 0.392 e. The molecule has 0 radical (unpaired) electrons. The van der Waals surface area contributed by atoms with Crippen LogP contribution in [0.3, 0.4) is 0 Å². The molecular formula is C9H14N2O2. The van der Waals surface area contributed by atoms with E-state index in [1.807, 2.05) is 6.07 Å². The van der Waals surface area contributed by atoms with Crippen molar-refractivity contribution in [3.63, 3.8) is 0 Å². The molecule has 1 fully saturated rings. The zero-order valence-electron chi connectivity index (χ0n) is 7.44. The van der Waals surface area contributed by atoms with Crippen molar-refractivity contribution in [1.82, 2.24) is 10.5 Å². The van der Waals surface area contributed by atoms with Crippen molar-refractivity contribution in [1.29, 1.82) is 0 Å². The van der Waals surface area contributed by atoms with Crippen LogP contribution in [0.15, 0.2) is 16.9 Å². The number of nitrogens with zero attached hydrogens (tertiary/aromatic N) is 1. The van der Waals surface area contributed by atoms with Crippen LogP contribution in [0.1, 0.15) is 25.0 Å². The summed E-state index contributed by atoms with van der Waals surface area (Å²) >= 11 is 0. The molecule has 4 heteroatoms. The van der Waals surface area contributed by atoms with Crippen LogP contribution in [0.4, 0.5) is 0 Å². The number of aliphatic hydroxyl groups is 1. The van der Waals surface area contributed by atoms with Gasteiger partial charge in [-0.25, -0.2) is 0 Å². The summed E-state index contributed by atoms with van der Waals surface area (Å²) in [5, 5.41) is 16.6. The number of aliphatic hydroxyl groups excluding tert-OH is 1. The van der Waals surface area contributed by atoms with Gasteiger partial charge in [0.25, 0.3) is 0 Å². The van der Waals surface area contributed by atoms with Gasteiger partial charge in [0.2, 0.25) is 0 Å². The fourth-order valence-corrected chi connectivity index (χ4v) is 1.74. The molecule has 1 aromatic heterocycles. The van der Waals surface area contributed by atoms with E-state index in [2.05, 4.69) is 10.5 Å². The van der Waals surface area contributed by atoms with Gasteiger partial charge in [-0.3, -0.25) is 0 Å². The molecule has 1 aliphatic carbocycles. The first-order chi connectivity index (χ1) is 6.36. The molecule has 0 aromatic carbocycles. The molecule has 1 heterocycles. The minimum Gasteiger partial charge on any atom is -0.392 e. The molecule has 4 nitrogen and oxygen atoms in total. The standard InChI is InChI=1S/C9H14N2O2/c12-9-3-1-2-8(9)10-6-7-4-5-13-11-7/h4-5,8-10,12H,1-3,6H2. The molecule has 13 heavy (non-hydrogen) atoms. The van der Waals surface area contributed by atoms with Crippen molar-refractivity contribution in [2.24, 2.45) is 0 Å². The Balaban J connectivity index is 1.79. The third kappa shape index (κ3) is 2.08. The van der Waals surface area contributed by atoms with Crippen molar-refractivity contribution in [3.05, 3.63) is 18.0 Å². The Morgan fingerprint density at radius 3 is 3.15 bits per heavy atom. The number of rotatable bonds is 3. The SMILES string of the molecule is OC1CCCC1NCc1ccon1. The lowest BCUT2D eigenvalue weighted by Crippen LogP contribution is -2.35. The van der Waals surface area contributed by atoms with Crippen LogP contribution in [0.5, 0.6) is 0 Å². The Labute approximate surface area is 76.9 Å². The van der Waals surface area contributed by atoms with Crippen LogP contribution in [0.2, 0.25) is 0 Å². The van der Waals surface area contributed by atoms with Gasteiger partial charge in [-0.1, -0.05) is 5.16 Å². The molecule has 0 saturated heterocycles. The first kappa shape index (κ1) is 8.72. The van der Waals surface area contributed by atoms with Crippen LogP contribution < -0.4 is 5.32 Å².